The number of hydrogen-bond donors (Lipinski definition) is 1. The van der Waals surface area contributed by atoms with Crippen LogP contribution in [-0.4, -0.2) is 29.3 Å². The Morgan fingerprint density at radius 3 is 2.12 bits per heavy atom. The van der Waals surface area contributed by atoms with Crippen molar-refractivity contribution in [3.8, 4) is 0 Å². The number of aliphatic carboxylic acids is 1. The van der Waals surface area contributed by atoms with E-state index in [1.807, 2.05) is 18.2 Å². The van der Waals surface area contributed by atoms with E-state index in [2.05, 4.69) is 27.7 Å². The maximum absolute atomic E-state index is 12.6. The fourth-order valence-corrected chi connectivity index (χ4v) is 3.46. The van der Waals surface area contributed by atoms with Gasteiger partial charge in [-0.25, -0.2) is 4.79 Å². The molecule has 5 heteroatoms. The molecule has 0 atom stereocenters. The molecule has 1 amide bonds. The van der Waals surface area contributed by atoms with E-state index in [9.17, 15) is 14.7 Å². The second kappa shape index (κ2) is 6.60. The van der Waals surface area contributed by atoms with Crippen molar-refractivity contribution in [1.82, 2.24) is 0 Å². The van der Waals surface area contributed by atoms with Crippen molar-refractivity contribution in [3.63, 3.8) is 0 Å². The fraction of sp³-hybridized carbons (Fsp3) is 0.619. The summed E-state index contributed by atoms with van der Waals surface area (Å²) in [5, 5.41) is 9.27. The Morgan fingerprint density at radius 2 is 1.62 bits per heavy atom. The van der Waals surface area contributed by atoms with Gasteiger partial charge in [0.2, 0.25) is 0 Å². The lowest BCUT2D eigenvalue weighted by molar-refractivity contribution is -0.135. The molecule has 144 valence electrons. The van der Waals surface area contributed by atoms with E-state index >= 15 is 0 Å². The van der Waals surface area contributed by atoms with Gasteiger partial charge in [-0.2, -0.15) is 0 Å². The van der Waals surface area contributed by atoms with Gasteiger partial charge in [-0.05, 0) is 67.7 Å². The predicted octanol–water partition coefficient (Wildman–Crippen LogP) is 4.86. The van der Waals surface area contributed by atoms with Crippen molar-refractivity contribution in [1.29, 1.82) is 0 Å². The first-order chi connectivity index (χ1) is 11.7. The van der Waals surface area contributed by atoms with E-state index in [-0.39, 0.29) is 10.8 Å². The molecular weight excluding hydrogens is 330 g/mol. The minimum Gasteiger partial charge on any atom is -0.480 e. The molecule has 1 aliphatic carbocycles. The highest BCUT2D eigenvalue weighted by Crippen LogP contribution is 2.46. The number of hydrogen-bond acceptors (Lipinski definition) is 3. The van der Waals surface area contributed by atoms with Crippen LogP contribution in [0.3, 0.4) is 0 Å². The smallest absolute Gasteiger partial charge is 0.415 e. The third-order valence-corrected chi connectivity index (χ3v) is 5.06. The zero-order valence-electron chi connectivity index (χ0n) is 17.0. The maximum Gasteiger partial charge on any atom is 0.415 e. The number of carboxylic acids is 1. The topological polar surface area (TPSA) is 66.8 Å². The lowest BCUT2D eigenvalue weighted by Crippen LogP contribution is -2.40. The summed E-state index contributed by atoms with van der Waals surface area (Å²) in [6, 6.07) is 5.82. The van der Waals surface area contributed by atoms with Gasteiger partial charge in [0.05, 0.1) is 0 Å². The van der Waals surface area contributed by atoms with Gasteiger partial charge in [-0.3, -0.25) is 9.69 Å². The SMILES string of the molecule is CC(C)(C)OC(=O)N(CC(=O)O)c1ccc2c(c1)C(C)(C)CCC2(C)C. The Morgan fingerprint density at radius 1 is 1.08 bits per heavy atom. The molecule has 0 aromatic heterocycles. The molecule has 5 nitrogen and oxygen atoms in total. The van der Waals surface area contributed by atoms with Crippen molar-refractivity contribution in [2.75, 3.05) is 11.4 Å². The maximum atomic E-state index is 12.6. The molecule has 1 aromatic carbocycles. The Balaban J connectivity index is 2.50. The molecule has 0 heterocycles. The fourth-order valence-electron chi connectivity index (χ4n) is 3.46. The predicted molar refractivity (Wildman–Crippen MR) is 103 cm³/mol. The molecule has 26 heavy (non-hydrogen) atoms. The number of benzene rings is 1. The normalized spacial score (nSPS) is 18.0. The highest BCUT2D eigenvalue weighted by Gasteiger charge is 2.37. The number of anilines is 1. The summed E-state index contributed by atoms with van der Waals surface area (Å²) in [5.41, 5.74) is 2.34. The number of nitrogens with zero attached hydrogens (tertiary/aromatic N) is 1. The summed E-state index contributed by atoms with van der Waals surface area (Å²) in [7, 11) is 0. The van der Waals surface area contributed by atoms with Crippen LogP contribution in [0.15, 0.2) is 18.2 Å². The van der Waals surface area contributed by atoms with E-state index < -0.39 is 24.2 Å². The second-order valence-electron chi connectivity index (χ2n) is 9.46. The van der Waals surface area contributed by atoms with Crippen LogP contribution in [0.5, 0.6) is 0 Å². The zero-order valence-corrected chi connectivity index (χ0v) is 17.0. The average Bonchev–Trinajstić information content (AvgIpc) is 2.47. The summed E-state index contributed by atoms with van der Waals surface area (Å²) < 4.78 is 5.42. The van der Waals surface area contributed by atoms with Gasteiger partial charge >= 0.3 is 12.1 Å². The lowest BCUT2D eigenvalue weighted by Gasteiger charge is -2.42. The van der Waals surface area contributed by atoms with E-state index in [1.54, 1.807) is 20.8 Å². The highest BCUT2D eigenvalue weighted by molar-refractivity contribution is 5.93. The Labute approximate surface area is 156 Å². The largest absolute Gasteiger partial charge is 0.480 e. The molecule has 2 rings (SSSR count). The first-order valence-corrected chi connectivity index (χ1v) is 9.10. The molecular formula is C21H31NO4. The summed E-state index contributed by atoms with van der Waals surface area (Å²) in [6.07, 6.45) is 1.49. The number of carboxylic acid groups (broad SMARTS) is 1. The lowest BCUT2D eigenvalue weighted by atomic mass is 9.63. The van der Waals surface area contributed by atoms with E-state index in [1.165, 1.54) is 16.0 Å². The van der Waals surface area contributed by atoms with Gasteiger partial charge in [-0.1, -0.05) is 33.8 Å². The Hall–Kier alpha value is -2.04. The number of amides is 1. The summed E-state index contributed by atoms with van der Waals surface area (Å²) >= 11 is 0. The van der Waals surface area contributed by atoms with E-state index in [0.29, 0.717) is 5.69 Å². The molecule has 0 saturated carbocycles. The standard InChI is InChI=1S/C21H31NO4/c1-19(2,3)26-18(25)22(13-17(23)24)14-8-9-15-16(12-14)21(6,7)11-10-20(15,4)5/h8-9,12H,10-11,13H2,1-7H3,(H,23,24). The molecule has 1 N–H and O–H groups in total. The molecule has 1 aliphatic rings. The summed E-state index contributed by atoms with van der Waals surface area (Å²) in [4.78, 5) is 25.1. The number of fused-ring (bicyclic) bond motifs is 1. The van der Waals surface area contributed by atoms with Gasteiger partial charge in [0.1, 0.15) is 12.1 Å². The van der Waals surface area contributed by atoms with Crippen LogP contribution in [0, 0.1) is 0 Å². The number of carbonyl (C=O) groups is 2. The third-order valence-electron chi connectivity index (χ3n) is 5.06. The van der Waals surface area contributed by atoms with E-state index in [4.69, 9.17) is 4.74 Å². The van der Waals surface area contributed by atoms with Crippen molar-refractivity contribution < 1.29 is 19.4 Å². The highest BCUT2D eigenvalue weighted by atomic mass is 16.6. The van der Waals surface area contributed by atoms with Crippen LogP contribution in [0.4, 0.5) is 10.5 Å². The summed E-state index contributed by atoms with van der Waals surface area (Å²) in [5.74, 6) is -1.08. The van der Waals surface area contributed by atoms with Crippen LogP contribution in [0.1, 0.15) is 72.4 Å². The molecule has 0 spiro atoms. The van der Waals surface area contributed by atoms with Crippen LogP contribution in [0.2, 0.25) is 0 Å². The Kier molecular flexibility index (Phi) is 5.15. The van der Waals surface area contributed by atoms with Gasteiger partial charge < -0.3 is 9.84 Å². The van der Waals surface area contributed by atoms with Gasteiger partial charge in [0.25, 0.3) is 0 Å². The average molecular weight is 361 g/mol. The van der Waals surface area contributed by atoms with Crippen LogP contribution in [0.25, 0.3) is 0 Å². The van der Waals surface area contributed by atoms with Crippen molar-refractivity contribution in [2.45, 2.75) is 77.7 Å². The van der Waals surface area contributed by atoms with Crippen LogP contribution < -0.4 is 4.90 Å². The number of carbonyl (C=O) groups excluding carboxylic acids is 1. The van der Waals surface area contributed by atoms with Crippen LogP contribution in [-0.2, 0) is 20.4 Å². The second-order valence-corrected chi connectivity index (χ2v) is 9.46. The number of ether oxygens (including phenoxy) is 1. The molecule has 0 fully saturated rings. The van der Waals surface area contributed by atoms with E-state index in [0.717, 1.165) is 12.8 Å². The molecule has 0 bridgehead atoms. The Bertz CT molecular complexity index is 713. The monoisotopic (exact) mass is 361 g/mol. The molecule has 0 saturated heterocycles. The molecule has 0 radical (unpaired) electrons. The van der Waals surface area contributed by atoms with Gasteiger partial charge in [0, 0.05) is 5.69 Å². The third kappa shape index (κ3) is 4.37. The van der Waals surface area contributed by atoms with Gasteiger partial charge in [-0.15, -0.1) is 0 Å². The van der Waals surface area contributed by atoms with Crippen molar-refractivity contribution in [3.05, 3.63) is 29.3 Å². The molecule has 0 unspecified atom stereocenters. The quantitative estimate of drug-likeness (QED) is 0.835. The zero-order chi connectivity index (χ0) is 19.9. The summed E-state index contributed by atoms with van der Waals surface area (Å²) in [6.45, 7) is 13.7. The van der Waals surface area contributed by atoms with Crippen LogP contribution >= 0.6 is 0 Å². The van der Waals surface area contributed by atoms with Gasteiger partial charge in [0.15, 0.2) is 0 Å². The minimum atomic E-state index is -1.08. The first kappa shape index (κ1) is 20.3. The van der Waals surface area contributed by atoms with Crippen molar-refractivity contribution in [2.24, 2.45) is 0 Å². The van der Waals surface area contributed by atoms with Crippen molar-refractivity contribution >= 4 is 17.7 Å². The first-order valence-electron chi connectivity index (χ1n) is 9.10. The number of rotatable bonds is 3. The minimum absolute atomic E-state index is 0.0241. The molecule has 0 aliphatic heterocycles. The molecule has 1 aromatic rings.